The van der Waals surface area contributed by atoms with Gasteiger partial charge in [0.1, 0.15) is 11.4 Å². The standard InChI is InChI=1S/C15H22O/c1-5-13-11-9-10-12-14(13)16-15(6-2,7-3)8-4/h5,9-12H,1,6-8H2,2-4H3. The van der Waals surface area contributed by atoms with E-state index in [1.807, 2.05) is 30.3 Å². The van der Waals surface area contributed by atoms with Crippen LogP contribution in [-0.4, -0.2) is 5.60 Å². The zero-order chi connectivity index (χ0) is 12.0. The molecule has 0 radical (unpaired) electrons. The highest BCUT2D eigenvalue weighted by molar-refractivity contribution is 5.55. The summed E-state index contributed by atoms with van der Waals surface area (Å²) >= 11 is 0. The highest BCUT2D eigenvalue weighted by atomic mass is 16.5. The monoisotopic (exact) mass is 218 g/mol. The summed E-state index contributed by atoms with van der Waals surface area (Å²) in [5.74, 6) is 0.947. The minimum Gasteiger partial charge on any atom is -0.487 e. The molecule has 0 saturated heterocycles. The number of hydrogen-bond acceptors (Lipinski definition) is 1. The van der Waals surface area contributed by atoms with Gasteiger partial charge in [0.15, 0.2) is 0 Å². The summed E-state index contributed by atoms with van der Waals surface area (Å²) in [7, 11) is 0. The van der Waals surface area contributed by atoms with Crippen molar-refractivity contribution in [2.45, 2.75) is 45.6 Å². The molecule has 0 atom stereocenters. The smallest absolute Gasteiger partial charge is 0.127 e. The molecule has 0 aliphatic heterocycles. The molecule has 16 heavy (non-hydrogen) atoms. The molecule has 0 bridgehead atoms. The molecular formula is C15H22O. The van der Waals surface area contributed by atoms with Crippen molar-refractivity contribution in [2.24, 2.45) is 0 Å². The molecule has 0 aliphatic rings. The Labute approximate surface area is 99.1 Å². The van der Waals surface area contributed by atoms with E-state index in [4.69, 9.17) is 4.74 Å². The van der Waals surface area contributed by atoms with Crippen LogP contribution in [0.5, 0.6) is 5.75 Å². The van der Waals surface area contributed by atoms with Crippen molar-refractivity contribution in [1.82, 2.24) is 0 Å². The fraction of sp³-hybridized carbons (Fsp3) is 0.467. The van der Waals surface area contributed by atoms with Crippen LogP contribution in [0.3, 0.4) is 0 Å². The minimum atomic E-state index is -0.0287. The van der Waals surface area contributed by atoms with E-state index in [1.165, 1.54) is 0 Å². The van der Waals surface area contributed by atoms with Crippen molar-refractivity contribution in [1.29, 1.82) is 0 Å². The van der Waals surface area contributed by atoms with Crippen molar-refractivity contribution >= 4 is 6.08 Å². The van der Waals surface area contributed by atoms with Gasteiger partial charge in [-0.1, -0.05) is 51.6 Å². The van der Waals surface area contributed by atoms with Gasteiger partial charge in [-0.15, -0.1) is 0 Å². The number of hydrogen-bond donors (Lipinski definition) is 0. The van der Waals surface area contributed by atoms with Crippen molar-refractivity contribution in [3.8, 4) is 5.75 Å². The van der Waals surface area contributed by atoms with Gasteiger partial charge in [0.2, 0.25) is 0 Å². The fourth-order valence-electron chi connectivity index (χ4n) is 1.94. The van der Waals surface area contributed by atoms with Crippen molar-refractivity contribution in [3.63, 3.8) is 0 Å². The maximum atomic E-state index is 6.20. The third-order valence-electron chi connectivity index (χ3n) is 3.40. The van der Waals surface area contributed by atoms with Gasteiger partial charge in [0.05, 0.1) is 0 Å². The normalized spacial score (nSPS) is 11.2. The van der Waals surface area contributed by atoms with Crippen LogP contribution in [0.4, 0.5) is 0 Å². The van der Waals surface area contributed by atoms with Gasteiger partial charge in [0, 0.05) is 5.56 Å². The Balaban J connectivity index is 2.97. The quantitative estimate of drug-likeness (QED) is 0.673. The van der Waals surface area contributed by atoms with Crippen LogP contribution in [0.15, 0.2) is 30.8 Å². The topological polar surface area (TPSA) is 9.23 Å². The third kappa shape index (κ3) is 2.66. The van der Waals surface area contributed by atoms with Crippen molar-refractivity contribution in [3.05, 3.63) is 36.4 Å². The molecule has 0 N–H and O–H groups in total. The molecule has 0 aliphatic carbocycles. The molecular weight excluding hydrogens is 196 g/mol. The Hall–Kier alpha value is -1.24. The zero-order valence-corrected chi connectivity index (χ0v) is 10.6. The lowest BCUT2D eigenvalue weighted by Gasteiger charge is -2.32. The van der Waals surface area contributed by atoms with Gasteiger partial charge in [-0.3, -0.25) is 0 Å². The van der Waals surface area contributed by atoms with Crippen LogP contribution in [-0.2, 0) is 0 Å². The van der Waals surface area contributed by atoms with E-state index in [2.05, 4.69) is 27.4 Å². The number of rotatable bonds is 6. The molecule has 1 rings (SSSR count). The highest BCUT2D eigenvalue weighted by Crippen LogP contribution is 2.30. The minimum absolute atomic E-state index is 0.0287. The first-order chi connectivity index (χ1) is 7.71. The van der Waals surface area contributed by atoms with E-state index in [0.29, 0.717) is 0 Å². The first-order valence-corrected chi connectivity index (χ1v) is 6.11. The summed E-state index contributed by atoms with van der Waals surface area (Å²) in [6, 6.07) is 8.07. The van der Waals surface area contributed by atoms with Crippen molar-refractivity contribution < 1.29 is 4.74 Å². The fourth-order valence-corrected chi connectivity index (χ4v) is 1.94. The predicted octanol–water partition coefficient (Wildman–Crippen LogP) is 4.68. The van der Waals surface area contributed by atoms with Gasteiger partial charge in [-0.05, 0) is 25.3 Å². The number of benzene rings is 1. The van der Waals surface area contributed by atoms with Gasteiger partial charge in [-0.25, -0.2) is 0 Å². The zero-order valence-electron chi connectivity index (χ0n) is 10.6. The van der Waals surface area contributed by atoms with Crippen LogP contribution < -0.4 is 4.74 Å². The molecule has 1 aromatic rings. The predicted molar refractivity (Wildman–Crippen MR) is 70.8 cm³/mol. The highest BCUT2D eigenvalue weighted by Gasteiger charge is 2.26. The Morgan fingerprint density at radius 2 is 1.69 bits per heavy atom. The molecule has 1 heteroatoms. The lowest BCUT2D eigenvalue weighted by molar-refractivity contribution is 0.0559. The van der Waals surface area contributed by atoms with E-state index in [1.54, 1.807) is 0 Å². The van der Waals surface area contributed by atoms with E-state index in [-0.39, 0.29) is 5.60 Å². The lowest BCUT2D eigenvalue weighted by Crippen LogP contribution is -2.33. The Kier molecular flexibility index (Phi) is 4.60. The molecule has 1 aromatic carbocycles. The van der Waals surface area contributed by atoms with Crippen LogP contribution in [0, 0.1) is 0 Å². The maximum absolute atomic E-state index is 6.20. The van der Waals surface area contributed by atoms with E-state index in [0.717, 1.165) is 30.6 Å². The second kappa shape index (κ2) is 5.74. The average Bonchev–Trinajstić information content (AvgIpc) is 2.36. The molecule has 0 heterocycles. The Bertz CT molecular complexity index is 329. The maximum Gasteiger partial charge on any atom is 0.127 e. The second-order valence-corrected chi connectivity index (χ2v) is 4.09. The lowest BCUT2D eigenvalue weighted by atomic mass is 9.94. The molecule has 0 saturated carbocycles. The molecule has 0 amide bonds. The summed E-state index contributed by atoms with van der Waals surface area (Å²) in [5, 5.41) is 0. The van der Waals surface area contributed by atoms with Gasteiger partial charge < -0.3 is 4.74 Å². The average molecular weight is 218 g/mol. The SMILES string of the molecule is C=Cc1ccccc1OC(CC)(CC)CC. The third-order valence-corrected chi connectivity index (χ3v) is 3.40. The first kappa shape index (κ1) is 12.8. The van der Waals surface area contributed by atoms with Gasteiger partial charge in [0.25, 0.3) is 0 Å². The van der Waals surface area contributed by atoms with Crippen LogP contribution in [0.2, 0.25) is 0 Å². The molecule has 88 valence electrons. The van der Waals surface area contributed by atoms with Crippen molar-refractivity contribution in [2.75, 3.05) is 0 Å². The summed E-state index contributed by atoms with van der Waals surface area (Å²) in [5.41, 5.74) is 1.04. The number of para-hydroxylation sites is 1. The van der Waals surface area contributed by atoms with Gasteiger partial charge in [-0.2, -0.15) is 0 Å². The Morgan fingerprint density at radius 1 is 1.12 bits per heavy atom. The van der Waals surface area contributed by atoms with E-state index < -0.39 is 0 Å². The summed E-state index contributed by atoms with van der Waals surface area (Å²) in [6.07, 6.45) is 4.95. The largest absolute Gasteiger partial charge is 0.487 e. The molecule has 1 nitrogen and oxygen atoms in total. The van der Waals surface area contributed by atoms with E-state index in [9.17, 15) is 0 Å². The molecule has 0 fully saturated rings. The van der Waals surface area contributed by atoms with Crippen LogP contribution in [0.1, 0.15) is 45.6 Å². The van der Waals surface area contributed by atoms with Gasteiger partial charge >= 0.3 is 0 Å². The molecule has 0 aromatic heterocycles. The molecule has 0 unspecified atom stereocenters. The Morgan fingerprint density at radius 3 is 2.19 bits per heavy atom. The molecule has 0 spiro atoms. The summed E-state index contributed by atoms with van der Waals surface area (Å²) < 4.78 is 6.20. The number of ether oxygens (including phenoxy) is 1. The second-order valence-electron chi connectivity index (χ2n) is 4.09. The summed E-state index contributed by atoms with van der Waals surface area (Å²) in [6.45, 7) is 10.4. The first-order valence-electron chi connectivity index (χ1n) is 6.11. The van der Waals surface area contributed by atoms with E-state index >= 15 is 0 Å². The van der Waals surface area contributed by atoms with Crippen LogP contribution in [0.25, 0.3) is 6.08 Å². The van der Waals surface area contributed by atoms with Crippen LogP contribution >= 0.6 is 0 Å². The summed E-state index contributed by atoms with van der Waals surface area (Å²) in [4.78, 5) is 0.